The molecule has 0 amide bonds. The number of nitrogens with zero attached hydrogens (tertiary/aromatic N) is 2. The lowest BCUT2D eigenvalue weighted by Crippen LogP contribution is -1.94. The fraction of sp³-hybridized carbons (Fsp3) is 0.125. The Morgan fingerprint density at radius 3 is 3.08 bits per heavy atom. The molecule has 0 bridgehead atoms. The van der Waals surface area contributed by atoms with Gasteiger partial charge < -0.3 is 10.1 Å². The maximum atomic E-state index is 10.6. The number of aromatic nitrogens is 3. The molecular weight excluding hydrogens is 170 g/mol. The molecule has 0 spiro atoms. The Kier molecular flexibility index (Phi) is 1.51. The van der Waals surface area contributed by atoms with Gasteiger partial charge in [-0.15, -0.1) is 0 Å². The van der Waals surface area contributed by atoms with Crippen molar-refractivity contribution < 1.29 is 9.90 Å². The highest BCUT2D eigenvalue weighted by molar-refractivity contribution is 5.91. The van der Waals surface area contributed by atoms with Crippen LogP contribution in [0.15, 0.2) is 12.3 Å². The summed E-state index contributed by atoms with van der Waals surface area (Å²) in [5, 5.41) is 8.68. The summed E-state index contributed by atoms with van der Waals surface area (Å²) in [7, 11) is 0. The molecule has 0 unspecified atom stereocenters. The van der Waals surface area contributed by atoms with E-state index in [1.54, 1.807) is 13.1 Å². The van der Waals surface area contributed by atoms with Gasteiger partial charge in [-0.05, 0) is 13.0 Å². The fourth-order valence-electron chi connectivity index (χ4n) is 1.13. The minimum Gasteiger partial charge on any atom is -0.477 e. The first kappa shape index (κ1) is 7.72. The third kappa shape index (κ3) is 1.24. The van der Waals surface area contributed by atoms with Crippen LogP contribution in [0.4, 0.5) is 0 Å². The zero-order chi connectivity index (χ0) is 9.42. The zero-order valence-corrected chi connectivity index (χ0v) is 6.90. The van der Waals surface area contributed by atoms with Gasteiger partial charge in [-0.1, -0.05) is 0 Å². The van der Waals surface area contributed by atoms with E-state index in [1.807, 2.05) is 0 Å². The van der Waals surface area contributed by atoms with Gasteiger partial charge in [0.1, 0.15) is 11.5 Å². The molecule has 5 heteroatoms. The standard InChI is InChI=1S/C8H7N3O2/c1-4-9-3-7-5(10-4)2-6(11-7)8(12)13/h2-3,11H,1H3,(H,12,13). The number of hydrogen-bond acceptors (Lipinski definition) is 3. The topological polar surface area (TPSA) is 78.9 Å². The lowest BCUT2D eigenvalue weighted by atomic mass is 10.4. The second-order valence-electron chi connectivity index (χ2n) is 2.70. The highest BCUT2D eigenvalue weighted by atomic mass is 16.4. The van der Waals surface area contributed by atoms with Crippen molar-refractivity contribution in [2.24, 2.45) is 0 Å². The number of fused-ring (bicyclic) bond motifs is 1. The van der Waals surface area contributed by atoms with Crippen LogP contribution in [0.25, 0.3) is 11.0 Å². The predicted molar refractivity (Wildman–Crippen MR) is 45.6 cm³/mol. The van der Waals surface area contributed by atoms with Crippen molar-refractivity contribution in [2.45, 2.75) is 6.92 Å². The molecule has 2 rings (SSSR count). The molecule has 0 aliphatic heterocycles. The molecule has 2 heterocycles. The first-order valence-electron chi connectivity index (χ1n) is 3.72. The van der Waals surface area contributed by atoms with Crippen LogP contribution in [0, 0.1) is 6.92 Å². The second-order valence-corrected chi connectivity index (χ2v) is 2.70. The average Bonchev–Trinajstić information content (AvgIpc) is 2.46. The molecule has 2 N–H and O–H groups in total. The van der Waals surface area contributed by atoms with Gasteiger partial charge in [0, 0.05) is 0 Å². The van der Waals surface area contributed by atoms with Gasteiger partial charge in [0.2, 0.25) is 0 Å². The molecule has 13 heavy (non-hydrogen) atoms. The summed E-state index contributed by atoms with van der Waals surface area (Å²) in [5.74, 6) is -0.362. The summed E-state index contributed by atoms with van der Waals surface area (Å²) < 4.78 is 0. The SMILES string of the molecule is Cc1ncc2[nH]c(C(=O)O)cc2n1. The molecule has 5 nitrogen and oxygen atoms in total. The summed E-state index contributed by atoms with van der Waals surface area (Å²) in [6, 6.07) is 1.49. The number of rotatable bonds is 1. The zero-order valence-electron chi connectivity index (χ0n) is 6.90. The van der Waals surface area contributed by atoms with E-state index in [4.69, 9.17) is 5.11 Å². The van der Waals surface area contributed by atoms with E-state index >= 15 is 0 Å². The molecular formula is C8H7N3O2. The minimum absolute atomic E-state index is 0.134. The number of carbonyl (C=O) groups is 1. The minimum atomic E-state index is -0.990. The molecule has 0 aliphatic carbocycles. The van der Waals surface area contributed by atoms with E-state index in [0.29, 0.717) is 16.9 Å². The third-order valence-corrected chi connectivity index (χ3v) is 1.72. The number of nitrogens with one attached hydrogen (secondary N) is 1. The van der Waals surface area contributed by atoms with Crippen molar-refractivity contribution in [1.82, 2.24) is 15.0 Å². The number of carboxylic acid groups (broad SMARTS) is 1. The highest BCUT2D eigenvalue weighted by Gasteiger charge is 2.07. The van der Waals surface area contributed by atoms with E-state index in [1.165, 1.54) is 6.07 Å². The smallest absolute Gasteiger partial charge is 0.352 e. The van der Waals surface area contributed by atoms with Crippen LogP contribution in [0.2, 0.25) is 0 Å². The van der Waals surface area contributed by atoms with Gasteiger partial charge in [-0.2, -0.15) is 0 Å². The Hall–Kier alpha value is -1.91. The number of aromatic carboxylic acids is 1. The van der Waals surface area contributed by atoms with Crippen molar-refractivity contribution in [3.05, 3.63) is 23.8 Å². The van der Waals surface area contributed by atoms with Crippen molar-refractivity contribution in [1.29, 1.82) is 0 Å². The second kappa shape index (κ2) is 2.55. The Balaban J connectivity index is 2.68. The van der Waals surface area contributed by atoms with Crippen LogP contribution in [0.5, 0.6) is 0 Å². The summed E-state index contributed by atoms with van der Waals surface area (Å²) >= 11 is 0. The van der Waals surface area contributed by atoms with E-state index in [-0.39, 0.29) is 5.69 Å². The normalized spacial score (nSPS) is 10.5. The van der Waals surface area contributed by atoms with Crippen LogP contribution >= 0.6 is 0 Å². The Bertz CT molecular complexity index is 475. The molecule has 2 aromatic heterocycles. The maximum Gasteiger partial charge on any atom is 0.352 e. The summed E-state index contributed by atoms with van der Waals surface area (Å²) in [6.07, 6.45) is 1.57. The fourth-order valence-corrected chi connectivity index (χ4v) is 1.13. The Morgan fingerprint density at radius 1 is 1.62 bits per heavy atom. The molecule has 0 saturated heterocycles. The summed E-state index contributed by atoms with van der Waals surface area (Å²) in [4.78, 5) is 21.3. The van der Waals surface area contributed by atoms with Crippen molar-refractivity contribution in [2.75, 3.05) is 0 Å². The molecule has 0 saturated carbocycles. The molecule has 0 radical (unpaired) electrons. The van der Waals surface area contributed by atoms with Crippen molar-refractivity contribution in [3.8, 4) is 0 Å². The largest absolute Gasteiger partial charge is 0.477 e. The summed E-state index contributed by atoms with van der Waals surface area (Å²) in [5.41, 5.74) is 1.41. The molecule has 2 aromatic rings. The van der Waals surface area contributed by atoms with Crippen molar-refractivity contribution in [3.63, 3.8) is 0 Å². The molecule has 0 aromatic carbocycles. The lowest BCUT2D eigenvalue weighted by Gasteiger charge is -1.89. The van der Waals surface area contributed by atoms with Crippen LogP contribution < -0.4 is 0 Å². The number of hydrogen-bond donors (Lipinski definition) is 2. The number of carboxylic acids is 1. The van der Waals surface area contributed by atoms with E-state index < -0.39 is 5.97 Å². The number of aromatic amines is 1. The number of H-pyrrole nitrogens is 1. The monoisotopic (exact) mass is 177 g/mol. The lowest BCUT2D eigenvalue weighted by molar-refractivity contribution is 0.0691. The summed E-state index contributed by atoms with van der Waals surface area (Å²) in [6.45, 7) is 1.76. The van der Waals surface area contributed by atoms with Crippen LogP contribution in [-0.2, 0) is 0 Å². The first-order chi connectivity index (χ1) is 6.16. The molecule has 0 fully saturated rings. The van der Waals surface area contributed by atoms with E-state index in [2.05, 4.69) is 15.0 Å². The van der Waals surface area contributed by atoms with E-state index in [0.717, 1.165) is 0 Å². The van der Waals surface area contributed by atoms with Gasteiger partial charge in [-0.3, -0.25) is 0 Å². The molecule has 0 aliphatic rings. The van der Waals surface area contributed by atoms with Crippen LogP contribution in [0.3, 0.4) is 0 Å². The van der Waals surface area contributed by atoms with Gasteiger partial charge in [0.25, 0.3) is 0 Å². The van der Waals surface area contributed by atoms with Crippen LogP contribution in [-0.4, -0.2) is 26.0 Å². The van der Waals surface area contributed by atoms with Gasteiger partial charge >= 0.3 is 5.97 Å². The Morgan fingerprint density at radius 2 is 2.38 bits per heavy atom. The quantitative estimate of drug-likeness (QED) is 0.680. The maximum absolute atomic E-state index is 10.6. The Labute approximate surface area is 73.4 Å². The van der Waals surface area contributed by atoms with Crippen molar-refractivity contribution >= 4 is 17.0 Å². The third-order valence-electron chi connectivity index (χ3n) is 1.72. The van der Waals surface area contributed by atoms with Gasteiger partial charge in [-0.25, -0.2) is 14.8 Å². The van der Waals surface area contributed by atoms with Crippen LogP contribution in [0.1, 0.15) is 16.3 Å². The highest BCUT2D eigenvalue weighted by Crippen LogP contribution is 2.11. The number of aryl methyl sites for hydroxylation is 1. The van der Waals surface area contributed by atoms with E-state index in [9.17, 15) is 4.79 Å². The van der Waals surface area contributed by atoms with Gasteiger partial charge in [0.15, 0.2) is 0 Å². The molecule has 66 valence electrons. The molecule has 0 atom stereocenters. The predicted octanol–water partition coefficient (Wildman–Crippen LogP) is 0.965. The average molecular weight is 177 g/mol. The first-order valence-corrected chi connectivity index (χ1v) is 3.72. The van der Waals surface area contributed by atoms with Gasteiger partial charge in [0.05, 0.1) is 17.2 Å².